The van der Waals surface area contributed by atoms with Gasteiger partial charge in [-0.15, -0.1) is 0 Å². The van der Waals surface area contributed by atoms with E-state index >= 15 is 0 Å². The molecule has 0 bridgehead atoms. The van der Waals surface area contributed by atoms with Crippen LogP contribution in [0.4, 0.5) is 11.6 Å². The maximum absolute atomic E-state index is 10.7. The molecule has 96 valence electrons. The topological polar surface area (TPSA) is 82.2 Å². The van der Waals surface area contributed by atoms with Crippen molar-refractivity contribution in [3.63, 3.8) is 0 Å². The summed E-state index contributed by atoms with van der Waals surface area (Å²) in [6.45, 7) is 6.83. The Hall–Kier alpha value is -1.63. The van der Waals surface area contributed by atoms with Crippen LogP contribution in [0.3, 0.4) is 0 Å². The van der Waals surface area contributed by atoms with Gasteiger partial charge in [0.05, 0.1) is 5.60 Å². The Balaban J connectivity index is 2.75. The second-order valence-electron chi connectivity index (χ2n) is 4.33. The predicted molar refractivity (Wildman–Crippen MR) is 64.1 cm³/mol. The Labute approximate surface area is 99.9 Å². The van der Waals surface area contributed by atoms with E-state index < -0.39 is 4.92 Å². The van der Waals surface area contributed by atoms with Gasteiger partial charge in [0, 0.05) is 20.2 Å². The maximum Gasteiger partial charge on any atom is 0.406 e. The Bertz CT molecular complexity index is 400. The average molecular weight is 242 g/mol. The summed E-state index contributed by atoms with van der Waals surface area (Å²) < 4.78 is 7.09. The number of imidazole rings is 1. The molecule has 0 unspecified atom stereocenters. The molecule has 0 saturated heterocycles. The minimum atomic E-state index is -0.504. The number of nitrogens with zero attached hydrogens (tertiary/aromatic N) is 3. The third-order valence-electron chi connectivity index (χ3n) is 2.31. The lowest BCUT2D eigenvalue weighted by Gasteiger charge is -2.25. The summed E-state index contributed by atoms with van der Waals surface area (Å²) in [4.78, 5) is 14.0. The number of nitrogens with one attached hydrogen (secondary N) is 1. The van der Waals surface area contributed by atoms with Crippen molar-refractivity contribution in [2.24, 2.45) is 7.05 Å². The van der Waals surface area contributed by atoms with E-state index in [1.807, 2.05) is 20.8 Å². The molecule has 0 fully saturated rings. The van der Waals surface area contributed by atoms with Gasteiger partial charge >= 0.3 is 5.82 Å². The van der Waals surface area contributed by atoms with E-state index in [-0.39, 0.29) is 11.4 Å². The van der Waals surface area contributed by atoms with Crippen LogP contribution < -0.4 is 5.32 Å². The van der Waals surface area contributed by atoms with Gasteiger partial charge in [-0.3, -0.25) is 4.57 Å². The van der Waals surface area contributed by atoms with Crippen LogP contribution in [0.2, 0.25) is 0 Å². The van der Waals surface area contributed by atoms with Crippen molar-refractivity contribution in [1.29, 1.82) is 0 Å². The van der Waals surface area contributed by atoms with E-state index in [1.165, 1.54) is 6.33 Å². The fourth-order valence-electron chi connectivity index (χ4n) is 1.49. The van der Waals surface area contributed by atoms with Crippen LogP contribution in [0, 0.1) is 10.1 Å². The van der Waals surface area contributed by atoms with E-state index in [0.717, 1.165) is 0 Å². The number of hydrogen-bond acceptors (Lipinski definition) is 5. The molecule has 0 spiro atoms. The summed E-state index contributed by atoms with van der Waals surface area (Å²) in [5.74, 6) is 0.225. The molecule has 0 aliphatic rings. The number of aromatic nitrogens is 2. The number of rotatable bonds is 6. The first kappa shape index (κ1) is 13.4. The molecular weight excluding hydrogens is 224 g/mol. The number of aryl methyl sites for hydroxylation is 1. The van der Waals surface area contributed by atoms with Gasteiger partial charge in [-0.05, 0) is 30.7 Å². The van der Waals surface area contributed by atoms with E-state index in [0.29, 0.717) is 19.0 Å². The van der Waals surface area contributed by atoms with Crippen molar-refractivity contribution in [2.75, 3.05) is 18.5 Å². The van der Waals surface area contributed by atoms with Crippen molar-refractivity contribution < 1.29 is 9.66 Å². The Kier molecular flexibility index (Phi) is 4.06. The molecule has 7 heteroatoms. The van der Waals surface area contributed by atoms with Crippen molar-refractivity contribution in [3.05, 3.63) is 16.4 Å². The fraction of sp³-hybridized carbons (Fsp3) is 0.700. The van der Waals surface area contributed by atoms with E-state index in [9.17, 15) is 10.1 Å². The zero-order valence-electron chi connectivity index (χ0n) is 10.6. The minimum Gasteiger partial charge on any atom is -0.374 e. The van der Waals surface area contributed by atoms with Gasteiger partial charge in [0.15, 0.2) is 0 Å². The molecule has 1 rings (SSSR count). The molecule has 1 aromatic heterocycles. The summed E-state index contributed by atoms with van der Waals surface area (Å²) in [5.41, 5.74) is -0.382. The normalized spacial score (nSPS) is 11.5. The van der Waals surface area contributed by atoms with E-state index in [2.05, 4.69) is 10.3 Å². The maximum atomic E-state index is 10.7. The first-order chi connectivity index (χ1) is 7.87. The number of nitro groups is 1. The van der Waals surface area contributed by atoms with E-state index in [1.54, 1.807) is 11.6 Å². The zero-order valence-corrected chi connectivity index (χ0v) is 10.6. The summed E-state index contributed by atoms with van der Waals surface area (Å²) in [5, 5.41) is 13.7. The summed E-state index contributed by atoms with van der Waals surface area (Å²) >= 11 is 0. The monoisotopic (exact) mass is 242 g/mol. The molecule has 0 aliphatic heterocycles. The number of anilines is 1. The van der Waals surface area contributed by atoms with Gasteiger partial charge in [0.2, 0.25) is 12.1 Å². The van der Waals surface area contributed by atoms with Crippen LogP contribution in [0.5, 0.6) is 0 Å². The minimum absolute atomic E-state index is 0.167. The van der Waals surface area contributed by atoms with Crippen LogP contribution >= 0.6 is 0 Å². The van der Waals surface area contributed by atoms with Gasteiger partial charge in [-0.1, -0.05) is 0 Å². The molecular formula is C10H18N4O3. The molecule has 0 radical (unpaired) electrons. The molecule has 0 aromatic carbocycles. The largest absolute Gasteiger partial charge is 0.406 e. The third-order valence-corrected chi connectivity index (χ3v) is 2.31. The quantitative estimate of drug-likeness (QED) is 0.604. The predicted octanol–water partition coefficient (Wildman–Crippen LogP) is 1.56. The molecule has 1 N–H and O–H groups in total. The highest BCUT2D eigenvalue weighted by atomic mass is 16.6. The summed E-state index contributed by atoms with van der Waals surface area (Å²) in [7, 11) is 1.70. The van der Waals surface area contributed by atoms with Gasteiger partial charge in [0.25, 0.3) is 0 Å². The van der Waals surface area contributed by atoms with Gasteiger partial charge in [0.1, 0.15) is 0 Å². The van der Waals surface area contributed by atoms with Crippen LogP contribution in [-0.2, 0) is 11.8 Å². The van der Waals surface area contributed by atoms with Crippen LogP contribution in [0.1, 0.15) is 20.8 Å². The second kappa shape index (κ2) is 5.13. The zero-order chi connectivity index (χ0) is 13.1. The lowest BCUT2D eigenvalue weighted by molar-refractivity contribution is -0.388. The Morgan fingerprint density at radius 2 is 2.29 bits per heavy atom. The molecule has 0 amide bonds. The van der Waals surface area contributed by atoms with Crippen molar-refractivity contribution in [1.82, 2.24) is 9.55 Å². The number of hydrogen-bond donors (Lipinski definition) is 1. The molecule has 1 heterocycles. The molecule has 0 saturated carbocycles. The lowest BCUT2D eigenvalue weighted by Crippen LogP contribution is -2.33. The third kappa shape index (κ3) is 3.42. The van der Waals surface area contributed by atoms with Crippen LogP contribution in [0.25, 0.3) is 0 Å². The first-order valence-electron chi connectivity index (χ1n) is 5.41. The van der Waals surface area contributed by atoms with Gasteiger partial charge in [-0.25, -0.2) is 0 Å². The first-order valence-corrected chi connectivity index (χ1v) is 5.41. The smallest absolute Gasteiger partial charge is 0.374 e. The Morgan fingerprint density at radius 1 is 1.65 bits per heavy atom. The lowest BCUT2D eigenvalue weighted by atomic mass is 10.1. The van der Waals surface area contributed by atoms with Gasteiger partial charge < -0.3 is 20.2 Å². The van der Waals surface area contributed by atoms with Crippen molar-refractivity contribution in [2.45, 2.75) is 26.4 Å². The SMILES string of the molecule is CCOC(C)(C)CNc1c([N+](=O)[O-])ncn1C. The number of ether oxygens (including phenoxy) is 1. The molecule has 0 aliphatic carbocycles. The van der Waals surface area contributed by atoms with E-state index in [4.69, 9.17) is 4.74 Å². The summed E-state index contributed by atoms with van der Waals surface area (Å²) in [6.07, 6.45) is 1.41. The Morgan fingerprint density at radius 3 is 2.82 bits per heavy atom. The highest BCUT2D eigenvalue weighted by Crippen LogP contribution is 2.22. The summed E-state index contributed by atoms with van der Waals surface area (Å²) in [6, 6.07) is 0. The van der Waals surface area contributed by atoms with Gasteiger partial charge in [-0.2, -0.15) is 0 Å². The molecule has 7 nitrogen and oxygen atoms in total. The molecule has 17 heavy (non-hydrogen) atoms. The van der Waals surface area contributed by atoms with Crippen molar-refractivity contribution >= 4 is 11.6 Å². The molecule has 1 aromatic rings. The standard InChI is InChI=1S/C10H18N4O3/c1-5-17-10(2,3)6-11-8-9(14(15)16)12-7-13(8)4/h7,11H,5-6H2,1-4H3. The highest BCUT2D eigenvalue weighted by molar-refractivity contribution is 5.52. The molecule has 0 atom stereocenters. The van der Waals surface area contributed by atoms with Crippen LogP contribution in [0.15, 0.2) is 6.33 Å². The highest BCUT2D eigenvalue weighted by Gasteiger charge is 2.23. The van der Waals surface area contributed by atoms with Crippen molar-refractivity contribution in [3.8, 4) is 0 Å². The fourth-order valence-corrected chi connectivity index (χ4v) is 1.49. The average Bonchev–Trinajstić information content (AvgIpc) is 2.57. The van der Waals surface area contributed by atoms with Crippen LogP contribution in [-0.4, -0.2) is 33.2 Å². The second-order valence-corrected chi connectivity index (χ2v) is 4.33.